The molecule has 2 aromatic heterocycles. The summed E-state index contributed by atoms with van der Waals surface area (Å²) in [6.45, 7) is 2.59. The Hall–Kier alpha value is -1.21. The summed E-state index contributed by atoms with van der Waals surface area (Å²) in [4.78, 5) is 0. The molecule has 2 rings (SSSR count). The highest BCUT2D eigenvalue weighted by Gasteiger charge is 2.10. The van der Waals surface area contributed by atoms with Crippen LogP contribution in [0, 0.1) is 0 Å². The maximum absolute atomic E-state index is 5.34. The highest BCUT2D eigenvalue weighted by Crippen LogP contribution is 2.14. The lowest BCUT2D eigenvalue weighted by Crippen LogP contribution is -2.18. The van der Waals surface area contributed by atoms with Crippen LogP contribution in [0.5, 0.6) is 0 Å². The van der Waals surface area contributed by atoms with Gasteiger partial charge in [0.25, 0.3) is 0 Å². The van der Waals surface area contributed by atoms with Crippen LogP contribution in [0.1, 0.15) is 24.6 Å². The van der Waals surface area contributed by atoms with Crippen LogP contribution in [0.15, 0.2) is 21.2 Å². The fourth-order valence-electron chi connectivity index (χ4n) is 1.14. The minimum Gasteiger partial charge on any atom is -0.453 e. The smallest absolute Gasteiger partial charge is 0.191 e. The van der Waals surface area contributed by atoms with Gasteiger partial charge in [0.15, 0.2) is 10.5 Å². The van der Waals surface area contributed by atoms with Crippen molar-refractivity contribution in [3.05, 3.63) is 28.4 Å². The molecule has 1 atom stereocenters. The number of hydrogen-bond acceptors (Lipinski definition) is 5. The van der Waals surface area contributed by atoms with Crippen LogP contribution >= 0.6 is 15.9 Å². The van der Waals surface area contributed by atoms with Crippen LogP contribution in [0.2, 0.25) is 0 Å². The van der Waals surface area contributed by atoms with Gasteiger partial charge in [-0.3, -0.25) is 0 Å². The van der Waals surface area contributed by atoms with Gasteiger partial charge in [0, 0.05) is 0 Å². The zero-order chi connectivity index (χ0) is 10.7. The first-order valence-electron chi connectivity index (χ1n) is 4.46. The van der Waals surface area contributed by atoms with E-state index in [1.54, 1.807) is 0 Å². The van der Waals surface area contributed by atoms with E-state index in [0.29, 0.717) is 12.4 Å². The normalized spacial score (nSPS) is 12.9. The zero-order valence-corrected chi connectivity index (χ0v) is 9.65. The largest absolute Gasteiger partial charge is 0.453 e. The van der Waals surface area contributed by atoms with Crippen molar-refractivity contribution >= 4 is 15.9 Å². The van der Waals surface area contributed by atoms with E-state index in [1.165, 1.54) is 0 Å². The highest BCUT2D eigenvalue weighted by atomic mass is 79.9. The van der Waals surface area contributed by atoms with Crippen LogP contribution < -0.4 is 5.32 Å². The van der Waals surface area contributed by atoms with E-state index in [0.717, 1.165) is 10.4 Å². The van der Waals surface area contributed by atoms with Crippen LogP contribution in [-0.2, 0) is 6.54 Å². The lowest BCUT2D eigenvalue weighted by Gasteiger charge is -2.07. The first-order chi connectivity index (χ1) is 7.25. The third-order valence-electron chi connectivity index (χ3n) is 1.96. The summed E-state index contributed by atoms with van der Waals surface area (Å²) in [5.41, 5.74) is 0. The number of nitrogens with one attached hydrogen (secondary N) is 2. The maximum Gasteiger partial charge on any atom is 0.191 e. The van der Waals surface area contributed by atoms with Crippen molar-refractivity contribution in [1.82, 2.24) is 25.9 Å². The Morgan fingerprint density at radius 3 is 3.07 bits per heavy atom. The van der Waals surface area contributed by atoms with Gasteiger partial charge in [-0.1, -0.05) is 5.21 Å². The average Bonchev–Trinajstić information content (AvgIpc) is 2.84. The predicted molar refractivity (Wildman–Crippen MR) is 55.8 cm³/mol. The van der Waals surface area contributed by atoms with E-state index in [2.05, 4.69) is 41.9 Å². The van der Waals surface area contributed by atoms with Crippen molar-refractivity contribution in [1.29, 1.82) is 0 Å². The van der Waals surface area contributed by atoms with Crippen molar-refractivity contribution in [3.8, 4) is 0 Å². The van der Waals surface area contributed by atoms with Gasteiger partial charge >= 0.3 is 0 Å². The summed E-state index contributed by atoms with van der Waals surface area (Å²) in [7, 11) is 0. The number of hydrogen-bond donors (Lipinski definition) is 2. The number of tetrazole rings is 1. The fourth-order valence-corrected chi connectivity index (χ4v) is 1.48. The second kappa shape index (κ2) is 4.54. The third kappa shape index (κ3) is 2.63. The quantitative estimate of drug-likeness (QED) is 0.879. The molecule has 0 aliphatic carbocycles. The summed E-state index contributed by atoms with van der Waals surface area (Å²) < 4.78 is 6.07. The fraction of sp³-hybridized carbons (Fsp3) is 0.375. The zero-order valence-electron chi connectivity index (χ0n) is 8.07. The summed E-state index contributed by atoms with van der Waals surface area (Å²) >= 11 is 3.24. The molecule has 7 heteroatoms. The van der Waals surface area contributed by atoms with Crippen molar-refractivity contribution in [3.63, 3.8) is 0 Å². The molecular weight excluding hydrogens is 262 g/mol. The molecule has 2 heterocycles. The van der Waals surface area contributed by atoms with E-state index in [-0.39, 0.29) is 6.04 Å². The monoisotopic (exact) mass is 271 g/mol. The molecule has 0 bridgehead atoms. The third-order valence-corrected chi connectivity index (χ3v) is 2.39. The second-order valence-electron chi connectivity index (χ2n) is 3.08. The van der Waals surface area contributed by atoms with Gasteiger partial charge in [-0.2, -0.15) is 5.21 Å². The molecule has 0 aliphatic heterocycles. The predicted octanol–water partition coefficient (Wildman–Crippen LogP) is 1.41. The Morgan fingerprint density at radius 1 is 1.60 bits per heavy atom. The summed E-state index contributed by atoms with van der Waals surface area (Å²) in [5.74, 6) is 1.50. The number of aromatic nitrogens is 4. The highest BCUT2D eigenvalue weighted by molar-refractivity contribution is 9.10. The molecule has 0 radical (unpaired) electrons. The van der Waals surface area contributed by atoms with Crippen LogP contribution in [0.3, 0.4) is 0 Å². The molecule has 15 heavy (non-hydrogen) atoms. The Kier molecular flexibility index (Phi) is 3.12. The van der Waals surface area contributed by atoms with Crippen molar-refractivity contribution < 1.29 is 4.42 Å². The molecule has 2 aromatic rings. The molecule has 0 aliphatic rings. The minimum atomic E-state index is 0.0348. The Bertz CT molecular complexity index is 412. The van der Waals surface area contributed by atoms with E-state index in [4.69, 9.17) is 4.42 Å². The Morgan fingerprint density at radius 2 is 2.47 bits per heavy atom. The number of nitrogens with zero attached hydrogens (tertiary/aromatic N) is 3. The first kappa shape index (κ1) is 10.3. The Labute approximate surface area is 94.6 Å². The molecule has 0 saturated carbocycles. The van der Waals surface area contributed by atoms with Gasteiger partial charge in [-0.05, 0) is 35.0 Å². The van der Waals surface area contributed by atoms with Crippen molar-refractivity contribution in [2.24, 2.45) is 0 Å². The molecule has 1 unspecified atom stereocenters. The van der Waals surface area contributed by atoms with E-state index < -0.39 is 0 Å². The van der Waals surface area contributed by atoms with Crippen molar-refractivity contribution in [2.75, 3.05) is 0 Å². The topological polar surface area (TPSA) is 79.6 Å². The first-order valence-corrected chi connectivity index (χ1v) is 5.26. The minimum absolute atomic E-state index is 0.0348. The van der Waals surface area contributed by atoms with Gasteiger partial charge in [0.2, 0.25) is 0 Å². The number of rotatable bonds is 4. The lowest BCUT2D eigenvalue weighted by atomic mass is 10.3. The van der Waals surface area contributed by atoms with E-state index >= 15 is 0 Å². The van der Waals surface area contributed by atoms with E-state index in [9.17, 15) is 0 Å². The molecule has 0 saturated heterocycles. The van der Waals surface area contributed by atoms with E-state index in [1.807, 2.05) is 19.1 Å². The SMILES string of the molecule is CC(NCc1ccc(Br)o1)c1nn[nH]n1. The Balaban J connectivity index is 1.88. The van der Waals surface area contributed by atoms with Gasteiger partial charge in [-0.15, -0.1) is 10.2 Å². The molecular formula is C8H10BrN5O. The number of H-pyrrole nitrogens is 1. The van der Waals surface area contributed by atoms with Crippen LogP contribution in [0.4, 0.5) is 0 Å². The molecule has 0 spiro atoms. The number of furan rings is 1. The lowest BCUT2D eigenvalue weighted by molar-refractivity contribution is 0.441. The van der Waals surface area contributed by atoms with Crippen molar-refractivity contribution in [2.45, 2.75) is 19.5 Å². The summed E-state index contributed by atoms with van der Waals surface area (Å²) in [6, 6.07) is 3.79. The van der Waals surface area contributed by atoms with Gasteiger partial charge < -0.3 is 9.73 Å². The molecule has 2 N–H and O–H groups in total. The molecule has 6 nitrogen and oxygen atoms in total. The summed E-state index contributed by atoms with van der Waals surface area (Å²) in [5, 5.41) is 16.9. The standard InChI is InChI=1S/C8H10BrN5O/c1-5(8-11-13-14-12-8)10-4-6-2-3-7(9)15-6/h2-3,5,10H,4H2,1H3,(H,11,12,13,14). The van der Waals surface area contributed by atoms with Gasteiger partial charge in [0.1, 0.15) is 5.76 Å². The molecule has 0 fully saturated rings. The van der Waals surface area contributed by atoms with Crippen LogP contribution in [0.25, 0.3) is 0 Å². The number of aromatic amines is 1. The molecule has 0 amide bonds. The molecule has 80 valence electrons. The summed E-state index contributed by atoms with van der Waals surface area (Å²) in [6.07, 6.45) is 0. The average molecular weight is 272 g/mol. The van der Waals surface area contributed by atoms with Gasteiger partial charge in [0.05, 0.1) is 12.6 Å². The number of halogens is 1. The van der Waals surface area contributed by atoms with Crippen LogP contribution in [-0.4, -0.2) is 20.6 Å². The maximum atomic E-state index is 5.34. The van der Waals surface area contributed by atoms with Gasteiger partial charge in [-0.25, -0.2) is 0 Å². The molecule has 0 aromatic carbocycles. The second-order valence-corrected chi connectivity index (χ2v) is 3.86.